The third-order valence-electron chi connectivity index (χ3n) is 6.26. The van der Waals surface area contributed by atoms with Gasteiger partial charge in [0.2, 0.25) is 0 Å². The number of benzene rings is 1. The van der Waals surface area contributed by atoms with Crippen LogP contribution in [0.5, 0.6) is 0 Å². The molecule has 1 aromatic carbocycles. The first-order valence-corrected chi connectivity index (χ1v) is 11.6. The number of pyridine rings is 1. The van der Waals surface area contributed by atoms with Gasteiger partial charge in [-0.1, -0.05) is 6.07 Å². The van der Waals surface area contributed by atoms with Crippen molar-refractivity contribution in [3.05, 3.63) is 51.8 Å². The average molecular weight is 440 g/mol. The monoisotopic (exact) mass is 439 g/mol. The van der Waals surface area contributed by atoms with Crippen LogP contribution in [0.1, 0.15) is 32.9 Å². The number of nitrogens with one attached hydrogen (secondary N) is 2. The maximum atomic E-state index is 15.2. The molecule has 162 valence electrons. The number of carbonyl (C=O) groups excluding carboxylic acids is 1. The quantitative estimate of drug-likeness (QED) is 0.584. The molecule has 3 heterocycles. The van der Waals surface area contributed by atoms with Crippen molar-refractivity contribution < 1.29 is 9.18 Å². The van der Waals surface area contributed by atoms with Gasteiger partial charge in [0.1, 0.15) is 15.5 Å². The standard InChI is InChI=1S/C23H26FN5OS/c1-13-2-5-17-20(25)21(31-23(17)27-13)22(30)28-15-4-6-16-14(12-15)3-7-18(19(16)24)29-10-8-26-9-11-29/h2-3,5,7,15,26H,4,6,8-12,25H2,1H3,(H,28,30)/t15-/m0/s1. The Kier molecular flexibility index (Phi) is 5.27. The first-order chi connectivity index (χ1) is 15.0. The summed E-state index contributed by atoms with van der Waals surface area (Å²) in [6, 6.07) is 7.68. The van der Waals surface area contributed by atoms with E-state index in [-0.39, 0.29) is 17.8 Å². The molecular formula is C23H26FN5OS. The third-order valence-corrected chi connectivity index (χ3v) is 7.38. The van der Waals surface area contributed by atoms with E-state index in [0.717, 1.165) is 53.2 Å². The number of amides is 1. The van der Waals surface area contributed by atoms with E-state index in [1.165, 1.54) is 11.3 Å². The van der Waals surface area contributed by atoms with Gasteiger partial charge in [-0.05, 0) is 55.5 Å². The number of rotatable bonds is 3. The maximum Gasteiger partial charge on any atom is 0.263 e. The zero-order valence-corrected chi connectivity index (χ0v) is 18.3. The molecule has 1 atom stereocenters. The van der Waals surface area contributed by atoms with Crippen LogP contribution in [0.2, 0.25) is 0 Å². The lowest BCUT2D eigenvalue weighted by Gasteiger charge is -2.32. The molecule has 1 aliphatic carbocycles. The minimum Gasteiger partial charge on any atom is -0.397 e. The van der Waals surface area contributed by atoms with Crippen LogP contribution in [-0.2, 0) is 12.8 Å². The zero-order valence-electron chi connectivity index (χ0n) is 17.5. The molecule has 1 fully saturated rings. The average Bonchev–Trinajstić information content (AvgIpc) is 3.10. The van der Waals surface area contributed by atoms with Crippen LogP contribution in [0.15, 0.2) is 24.3 Å². The molecule has 0 unspecified atom stereocenters. The van der Waals surface area contributed by atoms with Gasteiger partial charge in [-0.15, -0.1) is 11.3 Å². The summed E-state index contributed by atoms with van der Waals surface area (Å²) < 4.78 is 15.2. The van der Waals surface area contributed by atoms with E-state index in [0.29, 0.717) is 35.5 Å². The summed E-state index contributed by atoms with van der Waals surface area (Å²) in [7, 11) is 0. The Hall–Kier alpha value is -2.71. The molecule has 0 radical (unpaired) electrons. The number of nitrogens with two attached hydrogens (primary N) is 1. The smallest absolute Gasteiger partial charge is 0.263 e. The molecule has 0 spiro atoms. The molecule has 3 aromatic rings. The van der Waals surface area contributed by atoms with Gasteiger partial charge in [-0.2, -0.15) is 0 Å². The molecule has 0 saturated carbocycles. The van der Waals surface area contributed by atoms with E-state index < -0.39 is 0 Å². The molecule has 0 bridgehead atoms. The van der Waals surface area contributed by atoms with E-state index in [9.17, 15) is 4.79 Å². The van der Waals surface area contributed by atoms with Crippen molar-refractivity contribution in [1.29, 1.82) is 0 Å². The molecule has 6 nitrogen and oxygen atoms in total. The highest BCUT2D eigenvalue weighted by Gasteiger charge is 2.27. The lowest BCUT2D eigenvalue weighted by Crippen LogP contribution is -2.44. The summed E-state index contributed by atoms with van der Waals surface area (Å²) >= 11 is 1.32. The summed E-state index contributed by atoms with van der Waals surface area (Å²) in [6.45, 7) is 5.31. The molecule has 1 saturated heterocycles. The van der Waals surface area contributed by atoms with E-state index in [1.807, 2.05) is 31.2 Å². The lowest BCUT2D eigenvalue weighted by molar-refractivity contribution is 0.0938. The number of halogens is 1. The van der Waals surface area contributed by atoms with Crippen molar-refractivity contribution in [3.63, 3.8) is 0 Å². The normalized spacial score (nSPS) is 18.8. The fraction of sp³-hybridized carbons (Fsp3) is 0.391. The van der Waals surface area contributed by atoms with Crippen molar-refractivity contribution in [3.8, 4) is 0 Å². The number of fused-ring (bicyclic) bond motifs is 2. The number of hydrogen-bond acceptors (Lipinski definition) is 6. The Bertz CT molecular complexity index is 1150. The molecule has 2 aliphatic rings. The van der Waals surface area contributed by atoms with Gasteiger partial charge in [0, 0.05) is 43.3 Å². The zero-order chi connectivity index (χ0) is 21.5. The van der Waals surface area contributed by atoms with Gasteiger partial charge in [0.15, 0.2) is 0 Å². The Labute approximate surface area is 184 Å². The Morgan fingerprint density at radius 1 is 1.29 bits per heavy atom. The van der Waals surface area contributed by atoms with Gasteiger partial charge in [-0.3, -0.25) is 4.79 Å². The molecule has 1 aliphatic heterocycles. The highest BCUT2D eigenvalue weighted by atomic mass is 32.1. The largest absolute Gasteiger partial charge is 0.397 e. The predicted octanol–water partition coefficient (Wildman–Crippen LogP) is 3.02. The van der Waals surface area contributed by atoms with Gasteiger partial charge < -0.3 is 21.3 Å². The van der Waals surface area contributed by atoms with Crippen molar-refractivity contribution in [2.45, 2.75) is 32.2 Å². The number of carbonyl (C=O) groups is 1. The number of nitrogens with zero attached hydrogens (tertiary/aromatic N) is 2. The fourth-order valence-electron chi connectivity index (χ4n) is 4.58. The van der Waals surface area contributed by atoms with E-state index in [2.05, 4.69) is 20.5 Å². The number of nitrogen functional groups attached to an aromatic ring is 1. The number of aromatic nitrogens is 1. The highest BCUT2D eigenvalue weighted by molar-refractivity contribution is 7.21. The van der Waals surface area contributed by atoms with Crippen molar-refractivity contribution in [1.82, 2.24) is 15.6 Å². The predicted molar refractivity (Wildman–Crippen MR) is 124 cm³/mol. The van der Waals surface area contributed by atoms with Gasteiger partial charge >= 0.3 is 0 Å². The summed E-state index contributed by atoms with van der Waals surface area (Å²) in [5.74, 6) is -0.274. The topological polar surface area (TPSA) is 83.3 Å². The molecule has 5 rings (SSSR count). The summed E-state index contributed by atoms with van der Waals surface area (Å²) in [4.78, 5) is 20.8. The number of piperazine rings is 1. The fourth-order valence-corrected chi connectivity index (χ4v) is 5.62. The second-order valence-corrected chi connectivity index (χ2v) is 9.34. The third kappa shape index (κ3) is 3.74. The molecule has 1 amide bonds. The molecule has 31 heavy (non-hydrogen) atoms. The van der Waals surface area contributed by atoms with E-state index >= 15 is 4.39 Å². The SMILES string of the molecule is Cc1ccc2c(N)c(C(=O)N[C@H]3CCc4c(ccc(N5CCNCC5)c4F)C3)sc2n1. The Morgan fingerprint density at radius 3 is 2.90 bits per heavy atom. The minimum absolute atomic E-state index is 0.0382. The van der Waals surface area contributed by atoms with Crippen LogP contribution in [0.25, 0.3) is 10.2 Å². The summed E-state index contributed by atoms with van der Waals surface area (Å²) in [5.41, 5.74) is 10.1. The number of thiophene rings is 1. The molecule has 4 N–H and O–H groups in total. The van der Waals surface area contributed by atoms with Crippen LogP contribution in [0.4, 0.5) is 15.8 Å². The Balaban J connectivity index is 1.32. The molecule has 8 heteroatoms. The highest BCUT2D eigenvalue weighted by Crippen LogP contribution is 2.34. The van der Waals surface area contributed by atoms with Crippen molar-refractivity contribution in [2.75, 3.05) is 36.8 Å². The minimum atomic E-state index is -0.176. The lowest BCUT2D eigenvalue weighted by atomic mass is 9.87. The van der Waals surface area contributed by atoms with Crippen LogP contribution in [0.3, 0.4) is 0 Å². The van der Waals surface area contributed by atoms with Crippen LogP contribution < -0.4 is 21.3 Å². The molecule has 2 aromatic heterocycles. The van der Waals surface area contributed by atoms with Crippen molar-refractivity contribution >= 4 is 38.8 Å². The second-order valence-electron chi connectivity index (χ2n) is 8.34. The summed E-state index contributed by atoms with van der Waals surface area (Å²) in [6.07, 6.45) is 1.96. The number of hydrogen-bond donors (Lipinski definition) is 3. The van der Waals surface area contributed by atoms with Crippen LogP contribution in [-0.4, -0.2) is 43.1 Å². The molecular weight excluding hydrogens is 413 g/mol. The number of aryl methyl sites for hydroxylation is 1. The maximum absolute atomic E-state index is 15.2. The first-order valence-electron chi connectivity index (χ1n) is 10.7. The van der Waals surface area contributed by atoms with Crippen LogP contribution >= 0.6 is 11.3 Å². The van der Waals surface area contributed by atoms with Gasteiger partial charge in [0.05, 0.1) is 11.4 Å². The second kappa shape index (κ2) is 8.09. The first kappa shape index (κ1) is 20.2. The van der Waals surface area contributed by atoms with Gasteiger partial charge in [0.25, 0.3) is 5.91 Å². The Morgan fingerprint density at radius 2 is 2.10 bits per heavy atom. The van der Waals surface area contributed by atoms with E-state index in [1.54, 1.807) is 0 Å². The number of anilines is 2. The summed E-state index contributed by atoms with van der Waals surface area (Å²) in [5, 5.41) is 7.23. The van der Waals surface area contributed by atoms with Crippen LogP contribution in [0, 0.1) is 12.7 Å². The van der Waals surface area contributed by atoms with Crippen molar-refractivity contribution in [2.24, 2.45) is 0 Å². The van der Waals surface area contributed by atoms with E-state index in [4.69, 9.17) is 5.73 Å². The van der Waals surface area contributed by atoms with Gasteiger partial charge in [-0.25, -0.2) is 9.37 Å².